The lowest BCUT2D eigenvalue weighted by atomic mass is 9.86. The van der Waals surface area contributed by atoms with E-state index in [0.717, 1.165) is 81.7 Å². The molecule has 2 aromatic heterocycles. The van der Waals surface area contributed by atoms with Crippen LogP contribution in [0, 0.1) is 19.6 Å². The van der Waals surface area contributed by atoms with Crippen molar-refractivity contribution in [2.24, 2.45) is 11.7 Å². The number of carbonyl (C=O) groups is 1. The minimum Gasteiger partial charge on any atom is -0.349 e. The lowest BCUT2D eigenvalue weighted by molar-refractivity contribution is -0.130. The molecular formula is C51H78F2N10OS2. The van der Waals surface area contributed by atoms with Crippen molar-refractivity contribution >= 4 is 32.9 Å². The summed E-state index contributed by atoms with van der Waals surface area (Å²) in [4.78, 5) is 18.3. The highest BCUT2D eigenvalue weighted by atomic mass is 32.1. The van der Waals surface area contributed by atoms with E-state index in [1.165, 1.54) is 18.4 Å². The van der Waals surface area contributed by atoms with Gasteiger partial charge in [-0.2, -0.15) is 27.0 Å². The summed E-state index contributed by atoms with van der Waals surface area (Å²) in [6.45, 7) is 5.38. The number of alkyl halides is 2. The van der Waals surface area contributed by atoms with Crippen LogP contribution in [0.3, 0.4) is 0 Å². The van der Waals surface area contributed by atoms with Crippen LogP contribution < -0.4 is 11.1 Å². The number of hydrogen-bond donors (Lipinski definition) is 2. The zero-order valence-corrected chi connectivity index (χ0v) is 41.3. The third-order valence-corrected chi connectivity index (χ3v) is 15.1. The summed E-state index contributed by atoms with van der Waals surface area (Å²) in [5, 5.41) is 19.9. The van der Waals surface area contributed by atoms with E-state index in [1.807, 2.05) is 71.5 Å². The molecule has 11 nitrogen and oxygen atoms in total. The summed E-state index contributed by atoms with van der Waals surface area (Å²) in [5.41, 5.74) is 8.65. The second-order valence-corrected chi connectivity index (χ2v) is 20.0. The van der Waals surface area contributed by atoms with Crippen LogP contribution >= 0.6 is 27.0 Å². The molecule has 5 fully saturated rings. The first-order chi connectivity index (χ1) is 33.2. The van der Waals surface area contributed by atoms with E-state index in [9.17, 15) is 13.6 Å². The SMILES string of the molecule is S.S.[2H]C([2H])([2H])c1nnc(C(C)C)n1C1CC2CCC(C1)N2CC[C@H](N)c1ccccc1.[2H]C([2H])([2H])c1nnc(C(C)C)n1C1CC2CCC(C1)N2CC[C@H](NC(=O)C1CCC(F)(F)CC1)c1ccccc1. The van der Waals surface area contributed by atoms with E-state index in [1.54, 1.807) is 0 Å². The Bertz CT molecular complexity index is 2320. The average molecular weight is 955 g/mol. The van der Waals surface area contributed by atoms with Crippen molar-refractivity contribution in [3.8, 4) is 0 Å². The highest BCUT2D eigenvalue weighted by Gasteiger charge is 2.44. The Labute approximate surface area is 415 Å². The normalized spacial score (nSPS) is 27.7. The molecule has 66 heavy (non-hydrogen) atoms. The zero-order valence-electron chi connectivity index (χ0n) is 45.3. The van der Waals surface area contributed by atoms with Gasteiger partial charge < -0.3 is 20.2 Å². The van der Waals surface area contributed by atoms with Crippen molar-refractivity contribution in [3.05, 3.63) is 95.1 Å². The number of rotatable bonds is 14. The molecule has 3 N–H and O–H groups in total. The molecule has 4 aliphatic heterocycles. The molecule has 4 aromatic rings. The molecule has 4 unspecified atom stereocenters. The molecular weight excluding hydrogens is 871 g/mol. The first kappa shape index (κ1) is 43.9. The Kier molecular flexibility index (Phi) is 15.2. The molecule has 4 saturated heterocycles. The van der Waals surface area contributed by atoms with Crippen LogP contribution in [0.5, 0.6) is 0 Å². The quantitative estimate of drug-likeness (QED) is 0.128. The van der Waals surface area contributed by atoms with Gasteiger partial charge in [0.15, 0.2) is 0 Å². The second kappa shape index (κ2) is 22.8. The Morgan fingerprint density at radius 2 is 1.09 bits per heavy atom. The molecule has 4 bridgehead atoms. The molecule has 15 heteroatoms. The van der Waals surface area contributed by atoms with Gasteiger partial charge in [0, 0.05) is 94.2 Å². The summed E-state index contributed by atoms with van der Waals surface area (Å²) in [6.07, 6.45) is 9.70. The molecule has 0 radical (unpaired) electrons. The minimum absolute atomic E-state index is 0. The first-order valence-electron chi connectivity index (χ1n) is 27.1. The summed E-state index contributed by atoms with van der Waals surface area (Å²) >= 11 is 0. The van der Waals surface area contributed by atoms with Crippen LogP contribution in [-0.4, -0.2) is 88.4 Å². The van der Waals surface area contributed by atoms with Crippen molar-refractivity contribution in [1.82, 2.24) is 44.6 Å². The Balaban J connectivity index is 0.000000238. The number of hydrogen-bond acceptors (Lipinski definition) is 8. The number of halogens is 2. The lowest BCUT2D eigenvalue weighted by Crippen LogP contribution is -2.45. The van der Waals surface area contributed by atoms with Crippen LogP contribution in [0.15, 0.2) is 60.7 Å². The van der Waals surface area contributed by atoms with Crippen molar-refractivity contribution in [1.29, 1.82) is 0 Å². The topological polar surface area (TPSA) is 123 Å². The number of fused-ring (bicyclic) bond motifs is 4. The molecule has 364 valence electrons. The van der Waals surface area contributed by atoms with Gasteiger partial charge in [-0.3, -0.25) is 14.6 Å². The van der Waals surface area contributed by atoms with Crippen molar-refractivity contribution in [2.45, 2.75) is 197 Å². The molecule has 1 saturated carbocycles. The van der Waals surface area contributed by atoms with Gasteiger partial charge in [-0.05, 0) is 102 Å². The van der Waals surface area contributed by atoms with Gasteiger partial charge in [0.1, 0.15) is 23.3 Å². The van der Waals surface area contributed by atoms with Crippen molar-refractivity contribution in [3.63, 3.8) is 0 Å². The molecule has 0 spiro atoms. The van der Waals surface area contributed by atoms with Crippen LogP contribution in [0.4, 0.5) is 8.78 Å². The predicted molar refractivity (Wildman–Crippen MR) is 269 cm³/mol. The fourth-order valence-electron chi connectivity index (χ4n) is 11.8. The first-order valence-corrected chi connectivity index (χ1v) is 24.1. The second-order valence-electron chi connectivity index (χ2n) is 20.0. The average Bonchev–Trinajstić information content (AvgIpc) is 4.08. The Morgan fingerprint density at radius 3 is 1.52 bits per heavy atom. The van der Waals surface area contributed by atoms with E-state index < -0.39 is 19.6 Å². The maximum Gasteiger partial charge on any atom is 0.248 e. The molecule has 2 aromatic carbocycles. The number of aryl methyl sites for hydroxylation is 2. The third kappa shape index (κ3) is 11.9. The number of nitrogens with zero attached hydrogens (tertiary/aromatic N) is 8. The standard InChI is InChI=1S/C29H41F2N5O.C22H33N5.2H2S/c1-19(2)27-34-33-20(3)36(27)25-17-23-9-10-24(18-25)35(23)16-13-26(21-7-5-4-6-8-21)32-28(37)22-11-14-29(30,31)15-12-22;1-15(2)22-25-24-16(3)27(22)20-13-18-9-10-19(14-20)26(18)12-11-21(23)17-7-5-4-6-8-17;;/h4-8,19,22-26H,9-18H2,1-3H3,(H,32,37);4-8,15,18-21H,9-14,23H2,1-3H3;2*1H2/t23?,24?,25?,26-;18?,19?,20?,21-;;/m00../s1/i2*3D3;;. The highest BCUT2D eigenvalue weighted by Crippen LogP contribution is 2.44. The maximum absolute atomic E-state index is 13.7. The number of aromatic nitrogens is 6. The van der Waals surface area contributed by atoms with Crippen molar-refractivity contribution in [2.75, 3.05) is 13.1 Å². The third-order valence-electron chi connectivity index (χ3n) is 15.1. The summed E-state index contributed by atoms with van der Waals surface area (Å²) < 4.78 is 79.0. The van der Waals surface area contributed by atoms with E-state index in [0.29, 0.717) is 24.2 Å². The van der Waals surface area contributed by atoms with Crippen LogP contribution in [0.2, 0.25) is 0 Å². The molecule has 1 aliphatic carbocycles. The summed E-state index contributed by atoms with van der Waals surface area (Å²) in [7, 11) is 0. The smallest absolute Gasteiger partial charge is 0.248 e. The number of amides is 1. The fourth-order valence-corrected chi connectivity index (χ4v) is 11.8. The van der Waals surface area contributed by atoms with E-state index >= 15 is 0 Å². The number of nitrogens with two attached hydrogens (primary N) is 1. The van der Waals surface area contributed by atoms with E-state index in [-0.39, 0.29) is 112 Å². The Hall–Kier alpha value is -3.37. The van der Waals surface area contributed by atoms with Gasteiger partial charge in [0.25, 0.3) is 0 Å². The number of nitrogens with one attached hydrogen (secondary N) is 1. The maximum atomic E-state index is 13.7. The molecule has 5 aliphatic rings. The Morgan fingerprint density at radius 1 is 0.667 bits per heavy atom. The molecule has 1 amide bonds. The van der Waals surface area contributed by atoms with Gasteiger partial charge >= 0.3 is 0 Å². The molecule has 9 rings (SSSR count). The molecule has 6 heterocycles. The van der Waals surface area contributed by atoms with Gasteiger partial charge in [-0.15, -0.1) is 20.4 Å². The minimum atomic E-state index is -2.66. The highest BCUT2D eigenvalue weighted by molar-refractivity contribution is 7.59. The van der Waals surface area contributed by atoms with E-state index in [2.05, 4.69) is 61.5 Å². The molecule has 6 atom stereocenters. The zero-order chi connectivity index (χ0) is 50.1. The monoisotopic (exact) mass is 955 g/mol. The van der Waals surface area contributed by atoms with E-state index in [4.69, 9.17) is 14.0 Å². The predicted octanol–water partition coefficient (Wildman–Crippen LogP) is 10.1. The van der Waals surface area contributed by atoms with Gasteiger partial charge in [-0.1, -0.05) is 88.4 Å². The van der Waals surface area contributed by atoms with Crippen molar-refractivity contribution < 1.29 is 21.8 Å². The summed E-state index contributed by atoms with van der Waals surface area (Å²) in [5.74, 6) is -1.18. The van der Waals surface area contributed by atoms with Gasteiger partial charge in [0.2, 0.25) is 11.8 Å². The van der Waals surface area contributed by atoms with Crippen LogP contribution in [0.25, 0.3) is 0 Å². The fraction of sp³-hybridized carbons (Fsp3) is 0.667. The number of benzene rings is 2. The summed E-state index contributed by atoms with van der Waals surface area (Å²) in [6, 6.07) is 21.8. The van der Waals surface area contributed by atoms with Gasteiger partial charge in [-0.25, -0.2) is 8.78 Å². The number of piperidine rings is 2. The number of carbonyl (C=O) groups excluding carboxylic acids is 1. The lowest BCUT2D eigenvalue weighted by Gasteiger charge is -2.40. The van der Waals surface area contributed by atoms with Crippen LogP contribution in [-0.2, 0) is 4.79 Å². The van der Waals surface area contributed by atoms with Gasteiger partial charge in [0.05, 0.1) is 6.04 Å². The van der Waals surface area contributed by atoms with Crippen LogP contribution in [0.1, 0.15) is 196 Å². The largest absolute Gasteiger partial charge is 0.349 e.